The van der Waals surface area contributed by atoms with Crippen molar-refractivity contribution in [3.05, 3.63) is 89.7 Å². The number of primary amides is 1. The van der Waals surface area contributed by atoms with Crippen molar-refractivity contribution in [3.8, 4) is 0 Å². The standard InChI is InChI=1S/C29H29N5O2/c1-19(20-9-11-23(12-10-20)34-15-5-6-16-34)29(36)33-25-13-14-31-28-26(25)22(18-32-28)17-24(27(30)35)21-7-3-2-4-8-21/h2-4,7-14,17-19H,5-6,15-16H2,1H3,(H2,30,35)(H2,31,32,33,36). The minimum atomic E-state index is -0.531. The second-order valence-electron chi connectivity index (χ2n) is 9.11. The van der Waals surface area contributed by atoms with Crippen LogP contribution < -0.4 is 16.0 Å². The van der Waals surface area contributed by atoms with Gasteiger partial charge in [-0.25, -0.2) is 4.98 Å². The highest BCUT2D eigenvalue weighted by Gasteiger charge is 2.19. The first kappa shape index (κ1) is 23.4. The van der Waals surface area contributed by atoms with Gasteiger partial charge in [-0.1, -0.05) is 42.5 Å². The van der Waals surface area contributed by atoms with E-state index in [1.165, 1.54) is 18.5 Å². The first-order valence-electron chi connectivity index (χ1n) is 12.2. The molecule has 2 amide bonds. The summed E-state index contributed by atoms with van der Waals surface area (Å²) in [4.78, 5) is 35.4. The molecule has 3 heterocycles. The fraction of sp³-hybridized carbons (Fsp3) is 0.207. The molecule has 5 rings (SSSR count). The van der Waals surface area contributed by atoms with E-state index in [4.69, 9.17) is 5.73 Å². The lowest BCUT2D eigenvalue weighted by Gasteiger charge is -2.19. The molecule has 1 aliphatic rings. The molecule has 1 unspecified atom stereocenters. The van der Waals surface area contributed by atoms with E-state index >= 15 is 0 Å². The second kappa shape index (κ2) is 10.1. The van der Waals surface area contributed by atoms with Gasteiger partial charge in [0.25, 0.3) is 0 Å². The zero-order valence-electron chi connectivity index (χ0n) is 20.2. The molecular formula is C29H29N5O2. The maximum Gasteiger partial charge on any atom is 0.249 e. The molecule has 1 aliphatic heterocycles. The molecule has 0 aliphatic carbocycles. The average molecular weight is 480 g/mol. The molecule has 4 aromatic rings. The molecule has 2 aromatic heterocycles. The topological polar surface area (TPSA) is 104 Å². The minimum absolute atomic E-state index is 0.120. The van der Waals surface area contributed by atoms with E-state index in [-0.39, 0.29) is 11.8 Å². The summed E-state index contributed by atoms with van der Waals surface area (Å²) in [5.74, 6) is -0.994. The third-order valence-electron chi connectivity index (χ3n) is 6.77. The summed E-state index contributed by atoms with van der Waals surface area (Å²) in [6, 6.07) is 19.3. The number of carbonyl (C=O) groups is 2. The van der Waals surface area contributed by atoms with Crippen molar-refractivity contribution in [1.82, 2.24) is 9.97 Å². The summed E-state index contributed by atoms with van der Waals surface area (Å²) in [6.45, 7) is 4.07. The molecule has 1 atom stereocenters. The first-order chi connectivity index (χ1) is 17.5. The number of aromatic nitrogens is 2. The number of amides is 2. The Bertz CT molecular complexity index is 1420. The van der Waals surface area contributed by atoms with E-state index in [0.717, 1.165) is 29.6 Å². The maximum absolute atomic E-state index is 13.2. The van der Waals surface area contributed by atoms with Gasteiger partial charge in [0.2, 0.25) is 11.8 Å². The Labute approximate surface area is 210 Å². The molecular weight excluding hydrogens is 450 g/mol. The lowest BCUT2D eigenvalue weighted by atomic mass is 9.99. The third-order valence-corrected chi connectivity index (χ3v) is 6.77. The molecule has 1 fully saturated rings. The van der Waals surface area contributed by atoms with Gasteiger partial charge in [0.1, 0.15) is 5.65 Å². The third kappa shape index (κ3) is 4.73. The number of nitrogens with one attached hydrogen (secondary N) is 2. The van der Waals surface area contributed by atoms with Crippen molar-refractivity contribution < 1.29 is 9.59 Å². The molecule has 2 aromatic carbocycles. The molecule has 4 N–H and O–H groups in total. The zero-order chi connectivity index (χ0) is 25.1. The Hall–Kier alpha value is -4.39. The number of anilines is 2. The number of H-pyrrole nitrogens is 1. The number of hydrogen-bond donors (Lipinski definition) is 3. The van der Waals surface area contributed by atoms with Crippen LogP contribution in [0.4, 0.5) is 11.4 Å². The van der Waals surface area contributed by atoms with Crippen molar-refractivity contribution >= 4 is 45.9 Å². The maximum atomic E-state index is 13.2. The molecule has 7 heteroatoms. The smallest absolute Gasteiger partial charge is 0.249 e. The number of aromatic amines is 1. The Morgan fingerprint density at radius 2 is 1.78 bits per heavy atom. The number of fused-ring (bicyclic) bond motifs is 1. The van der Waals surface area contributed by atoms with Crippen LogP contribution >= 0.6 is 0 Å². The van der Waals surface area contributed by atoms with E-state index < -0.39 is 5.91 Å². The predicted octanol–water partition coefficient (Wildman–Crippen LogP) is 4.93. The predicted molar refractivity (Wildman–Crippen MR) is 145 cm³/mol. The van der Waals surface area contributed by atoms with Gasteiger partial charge in [-0.15, -0.1) is 0 Å². The van der Waals surface area contributed by atoms with E-state index in [1.54, 1.807) is 24.5 Å². The highest BCUT2D eigenvalue weighted by molar-refractivity contribution is 6.24. The van der Waals surface area contributed by atoms with Crippen molar-refractivity contribution in [2.75, 3.05) is 23.3 Å². The summed E-state index contributed by atoms with van der Waals surface area (Å²) >= 11 is 0. The molecule has 7 nitrogen and oxygen atoms in total. The largest absolute Gasteiger partial charge is 0.372 e. The SMILES string of the molecule is CC(C(=O)Nc1ccnc2[nH]cc(C=C(C(N)=O)c3ccccc3)c12)c1ccc(N2CCCC2)cc1. The van der Waals surface area contributed by atoms with Gasteiger partial charge >= 0.3 is 0 Å². The summed E-state index contributed by atoms with van der Waals surface area (Å²) < 4.78 is 0. The number of pyridine rings is 1. The Morgan fingerprint density at radius 1 is 1.06 bits per heavy atom. The van der Waals surface area contributed by atoms with Crippen molar-refractivity contribution in [1.29, 1.82) is 0 Å². The highest BCUT2D eigenvalue weighted by Crippen LogP contribution is 2.30. The number of rotatable bonds is 7. The van der Waals surface area contributed by atoms with Gasteiger partial charge in [0.15, 0.2) is 0 Å². The Kier molecular flexibility index (Phi) is 6.54. The summed E-state index contributed by atoms with van der Waals surface area (Å²) in [5, 5.41) is 3.79. The fourth-order valence-electron chi connectivity index (χ4n) is 4.71. The van der Waals surface area contributed by atoms with E-state index in [1.807, 2.05) is 49.4 Å². The average Bonchev–Trinajstić information content (AvgIpc) is 3.58. The molecule has 0 saturated carbocycles. The molecule has 0 radical (unpaired) electrons. The van der Waals surface area contributed by atoms with Gasteiger partial charge in [0, 0.05) is 47.7 Å². The summed E-state index contributed by atoms with van der Waals surface area (Å²) in [7, 11) is 0. The second-order valence-corrected chi connectivity index (χ2v) is 9.11. The summed E-state index contributed by atoms with van der Waals surface area (Å²) in [5.41, 5.74) is 10.9. The van der Waals surface area contributed by atoms with Crippen LogP contribution in [-0.4, -0.2) is 34.9 Å². The molecule has 182 valence electrons. The molecule has 0 bridgehead atoms. The lowest BCUT2D eigenvalue weighted by molar-refractivity contribution is -0.117. The van der Waals surface area contributed by atoms with Crippen LogP contribution in [0.3, 0.4) is 0 Å². The van der Waals surface area contributed by atoms with Crippen LogP contribution in [0.15, 0.2) is 73.1 Å². The van der Waals surface area contributed by atoms with E-state index in [2.05, 4.69) is 32.3 Å². The molecule has 1 saturated heterocycles. The Morgan fingerprint density at radius 3 is 2.47 bits per heavy atom. The normalized spacial score (nSPS) is 14.7. The number of hydrogen-bond acceptors (Lipinski definition) is 4. The van der Waals surface area contributed by atoms with Crippen LogP contribution in [0.2, 0.25) is 0 Å². The van der Waals surface area contributed by atoms with Gasteiger partial charge < -0.3 is 20.9 Å². The highest BCUT2D eigenvalue weighted by atomic mass is 16.2. The molecule has 0 spiro atoms. The lowest BCUT2D eigenvalue weighted by Crippen LogP contribution is -2.20. The van der Waals surface area contributed by atoms with Crippen molar-refractivity contribution in [2.45, 2.75) is 25.7 Å². The summed E-state index contributed by atoms with van der Waals surface area (Å²) in [6.07, 6.45) is 7.59. The van der Waals surface area contributed by atoms with Gasteiger partial charge in [-0.2, -0.15) is 0 Å². The van der Waals surface area contributed by atoms with Crippen LogP contribution in [0.25, 0.3) is 22.7 Å². The van der Waals surface area contributed by atoms with Crippen LogP contribution in [0.1, 0.15) is 42.4 Å². The Balaban J connectivity index is 1.42. The van der Waals surface area contributed by atoms with Gasteiger partial charge in [-0.3, -0.25) is 9.59 Å². The van der Waals surface area contributed by atoms with Crippen molar-refractivity contribution in [3.63, 3.8) is 0 Å². The van der Waals surface area contributed by atoms with Gasteiger partial charge in [-0.05, 0) is 55.2 Å². The fourth-order valence-corrected chi connectivity index (χ4v) is 4.71. The quantitative estimate of drug-likeness (QED) is 0.327. The van der Waals surface area contributed by atoms with E-state index in [0.29, 0.717) is 22.5 Å². The van der Waals surface area contributed by atoms with Crippen LogP contribution in [-0.2, 0) is 9.59 Å². The molecule has 36 heavy (non-hydrogen) atoms. The van der Waals surface area contributed by atoms with Crippen LogP contribution in [0.5, 0.6) is 0 Å². The minimum Gasteiger partial charge on any atom is -0.372 e. The number of carbonyl (C=O) groups excluding carboxylic acids is 2. The van der Waals surface area contributed by atoms with Gasteiger partial charge in [0.05, 0.1) is 11.6 Å². The number of nitrogens with two attached hydrogens (primary N) is 1. The van der Waals surface area contributed by atoms with Crippen molar-refractivity contribution in [2.24, 2.45) is 5.73 Å². The van der Waals surface area contributed by atoms with Crippen LogP contribution in [0, 0.1) is 0 Å². The van der Waals surface area contributed by atoms with E-state index in [9.17, 15) is 9.59 Å². The number of nitrogens with zero attached hydrogens (tertiary/aromatic N) is 2. The monoisotopic (exact) mass is 479 g/mol. The number of benzene rings is 2. The zero-order valence-corrected chi connectivity index (χ0v) is 20.2. The first-order valence-corrected chi connectivity index (χ1v) is 12.2.